The number of aromatic nitrogens is 3. The number of ether oxygens (including phenoxy) is 1. The van der Waals surface area contributed by atoms with Gasteiger partial charge in [-0.3, -0.25) is 0 Å². The summed E-state index contributed by atoms with van der Waals surface area (Å²) in [5.41, 5.74) is 6.46. The Kier molecular flexibility index (Phi) is 4.73. The maximum absolute atomic E-state index is 6.03. The molecular weight excluding hydrogens is 274 g/mol. The van der Waals surface area contributed by atoms with Crippen LogP contribution in [0.5, 0.6) is 5.88 Å². The van der Waals surface area contributed by atoms with Crippen molar-refractivity contribution in [2.24, 2.45) is 0 Å². The van der Waals surface area contributed by atoms with E-state index in [2.05, 4.69) is 20.3 Å². The second kappa shape index (κ2) is 6.51. The first kappa shape index (κ1) is 14.5. The van der Waals surface area contributed by atoms with Gasteiger partial charge in [0.15, 0.2) is 5.82 Å². The topological polar surface area (TPSA) is 86.0 Å². The fourth-order valence-corrected chi connectivity index (χ4v) is 2.42. The highest BCUT2D eigenvalue weighted by Gasteiger charge is 2.14. The van der Waals surface area contributed by atoms with E-state index in [0.29, 0.717) is 24.0 Å². The van der Waals surface area contributed by atoms with Crippen LogP contribution in [0.2, 0.25) is 0 Å². The zero-order chi connectivity index (χ0) is 14.5. The first-order chi connectivity index (χ1) is 9.61. The maximum Gasteiger partial charge on any atom is 0.242 e. The third kappa shape index (κ3) is 3.36. The van der Waals surface area contributed by atoms with Gasteiger partial charge in [-0.2, -0.15) is 4.98 Å². The van der Waals surface area contributed by atoms with Crippen molar-refractivity contribution in [1.82, 2.24) is 15.0 Å². The standard InChI is InChI=1S/C13H19N5OS/c1-4-5-19-12-10(14)11(16-7-17-12)18-9(3)13-15-6-8(2)20-13/h6-7,9H,4-5,14H2,1-3H3,(H,16,17,18). The van der Waals surface area contributed by atoms with Crippen LogP contribution in [0, 0.1) is 6.92 Å². The van der Waals surface area contributed by atoms with Crippen molar-refractivity contribution in [2.45, 2.75) is 33.2 Å². The van der Waals surface area contributed by atoms with Crippen LogP contribution in [0.3, 0.4) is 0 Å². The Hall–Kier alpha value is -1.89. The molecular formula is C13H19N5OS. The molecule has 1 unspecified atom stereocenters. The number of hydrogen-bond acceptors (Lipinski definition) is 7. The molecule has 0 aromatic carbocycles. The summed E-state index contributed by atoms with van der Waals surface area (Å²) < 4.78 is 5.49. The summed E-state index contributed by atoms with van der Waals surface area (Å²) in [6.45, 7) is 6.67. The molecule has 7 heteroatoms. The van der Waals surface area contributed by atoms with Crippen molar-refractivity contribution in [2.75, 3.05) is 17.7 Å². The molecule has 3 N–H and O–H groups in total. The van der Waals surface area contributed by atoms with Gasteiger partial charge in [-0.15, -0.1) is 11.3 Å². The number of rotatable bonds is 6. The molecule has 0 fully saturated rings. The van der Waals surface area contributed by atoms with Gasteiger partial charge in [0.2, 0.25) is 5.88 Å². The van der Waals surface area contributed by atoms with Crippen LogP contribution >= 0.6 is 11.3 Å². The van der Waals surface area contributed by atoms with Gasteiger partial charge < -0.3 is 15.8 Å². The van der Waals surface area contributed by atoms with Crippen LogP contribution < -0.4 is 15.8 Å². The van der Waals surface area contributed by atoms with Crippen molar-refractivity contribution in [3.63, 3.8) is 0 Å². The maximum atomic E-state index is 6.03. The normalized spacial score (nSPS) is 12.2. The van der Waals surface area contributed by atoms with Gasteiger partial charge >= 0.3 is 0 Å². The van der Waals surface area contributed by atoms with Gasteiger partial charge in [0.1, 0.15) is 17.0 Å². The van der Waals surface area contributed by atoms with E-state index in [4.69, 9.17) is 10.5 Å². The predicted molar refractivity (Wildman–Crippen MR) is 81.1 cm³/mol. The van der Waals surface area contributed by atoms with Gasteiger partial charge in [0, 0.05) is 11.1 Å². The van der Waals surface area contributed by atoms with E-state index in [1.165, 1.54) is 11.2 Å². The average molecular weight is 293 g/mol. The molecule has 108 valence electrons. The third-order valence-corrected chi connectivity index (χ3v) is 3.75. The summed E-state index contributed by atoms with van der Waals surface area (Å²) in [7, 11) is 0. The van der Waals surface area contributed by atoms with Crippen LogP contribution in [0.15, 0.2) is 12.5 Å². The van der Waals surface area contributed by atoms with E-state index in [-0.39, 0.29) is 6.04 Å². The molecule has 0 aliphatic rings. The molecule has 2 heterocycles. The highest BCUT2D eigenvalue weighted by Crippen LogP contribution is 2.29. The lowest BCUT2D eigenvalue weighted by Crippen LogP contribution is -2.11. The van der Waals surface area contributed by atoms with Crippen molar-refractivity contribution in [3.8, 4) is 5.88 Å². The molecule has 2 aromatic heterocycles. The Morgan fingerprint density at radius 2 is 2.20 bits per heavy atom. The summed E-state index contributed by atoms with van der Waals surface area (Å²) in [4.78, 5) is 13.7. The molecule has 0 aliphatic carbocycles. The Morgan fingerprint density at radius 1 is 1.40 bits per heavy atom. The minimum atomic E-state index is 0.0323. The minimum Gasteiger partial charge on any atom is -0.476 e. The van der Waals surface area contributed by atoms with Gasteiger partial charge in [0.05, 0.1) is 12.6 Å². The second-order valence-corrected chi connectivity index (χ2v) is 5.73. The van der Waals surface area contributed by atoms with E-state index < -0.39 is 0 Å². The fourth-order valence-electron chi connectivity index (χ4n) is 1.65. The molecule has 2 rings (SSSR count). The Labute approximate surface area is 122 Å². The van der Waals surface area contributed by atoms with Gasteiger partial charge in [-0.25, -0.2) is 9.97 Å². The number of nitrogens with one attached hydrogen (secondary N) is 1. The minimum absolute atomic E-state index is 0.0323. The van der Waals surface area contributed by atoms with Crippen molar-refractivity contribution >= 4 is 22.8 Å². The Balaban J connectivity index is 2.12. The van der Waals surface area contributed by atoms with Gasteiger partial charge in [-0.1, -0.05) is 6.92 Å². The number of hydrogen-bond donors (Lipinski definition) is 2. The number of anilines is 2. The van der Waals surface area contributed by atoms with Crippen molar-refractivity contribution < 1.29 is 4.74 Å². The number of nitrogens with two attached hydrogens (primary N) is 1. The molecule has 0 saturated carbocycles. The largest absolute Gasteiger partial charge is 0.476 e. The number of nitrogens with zero attached hydrogens (tertiary/aromatic N) is 3. The lowest BCUT2D eigenvalue weighted by atomic mass is 10.3. The fraction of sp³-hybridized carbons (Fsp3) is 0.462. The smallest absolute Gasteiger partial charge is 0.242 e. The predicted octanol–water partition coefficient (Wildman–Crippen LogP) is 2.79. The molecule has 1 atom stereocenters. The highest BCUT2D eigenvalue weighted by molar-refractivity contribution is 7.11. The Bertz CT molecular complexity index is 572. The second-order valence-electron chi connectivity index (χ2n) is 4.46. The van der Waals surface area contributed by atoms with Crippen molar-refractivity contribution in [3.05, 3.63) is 22.4 Å². The summed E-state index contributed by atoms with van der Waals surface area (Å²) >= 11 is 1.65. The molecule has 0 saturated heterocycles. The molecule has 0 bridgehead atoms. The molecule has 0 radical (unpaired) electrons. The quantitative estimate of drug-likeness (QED) is 0.851. The number of thiazole rings is 1. The average Bonchev–Trinajstić information content (AvgIpc) is 2.86. The summed E-state index contributed by atoms with van der Waals surface area (Å²) in [5.74, 6) is 0.998. The van der Waals surface area contributed by atoms with Gasteiger partial charge in [0.25, 0.3) is 0 Å². The van der Waals surface area contributed by atoms with E-state index in [1.54, 1.807) is 11.3 Å². The molecule has 2 aromatic rings. The molecule has 20 heavy (non-hydrogen) atoms. The first-order valence-corrected chi connectivity index (χ1v) is 7.35. The molecule has 0 amide bonds. The zero-order valence-electron chi connectivity index (χ0n) is 11.9. The Morgan fingerprint density at radius 3 is 2.85 bits per heavy atom. The molecule has 0 spiro atoms. The molecule has 0 aliphatic heterocycles. The van der Waals surface area contributed by atoms with E-state index in [1.807, 2.05) is 27.0 Å². The lowest BCUT2D eigenvalue weighted by molar-refractivity contribution is 0.306. The third-order valence-electron chi connectivity index (χ3n) is 2.65. The summed E-state index contributed by atoms with van der Waals surface area (Å²) in [6.07, 6.45) is 4.21. The SMILES string of the molecule is CCCOc1ncnc(NC(C)c2ncc(C)s2)c1N. The summed E-state index contributed by atoms with van der Waals surface area (Å²) in [5, 5.41) is 4.25. The van der Waals surface area contributed by atoms with Crippen LogP contribution in [0.4, 0.5) is 11.5 Å². The van der Waals surface area contributed by atoms with E-state index in [9.17, 15) is 0 Å². The molecule has 6 nitrogen and oxygen atoms in total. The highest BCUT2D eigenvalue weighted by atomic mass is 32.1. The van der Waals surface area contributed by atoms with E-state index in [0.717, 1.165) is 11.4 Å². The van der Waals surface area contributed by atoms with E-state index >= 15 is 0 Å². The van der Waals surface area contributed by atoms with Crippen LogP contribution in [-0.4, -0.2) is 21.6 Å². The van der Waals surface area contributed by atoms with Crippen LogP contribution in [-0.2, 0) is 0 Å². The van der Waals surface area contributed by atoms with Crippen LogP contribution in [0.25, 0.3) is 0 Å². The summed E-state index contributed by atoms with van der Waals surface area (Å²) in [6, 6.07) is 0.0323. The monoisotopic (exact) mass is 293 g/mol. The zero-order valence-corrected chi connectivity index (χ0v) is 12.7. The van der Waals surface area contributed by atoms with Crippen LogP contribution in [0.1, 0.15) is 36.2 Å². The lowest BCUT2D eigenvalue weighted by Gasteiger charge is -2.15. The number of aryl methyl sites for hydroxylation is 1. The van der Waals surface area contributed by atoms with Crippen molar-refractivity contribution in [1.29, 1.82) is 0 Å². The first-order valence-electron chi connectivity index (χ1n) is 6.54. The van der Waals surface area contributed by atoms with Gasteiger partial charge in [-0.05, 0) is 20.3 Å². The number of nitrogen functional groups attached to an aromatic ring is 1.